The average molecular weight is 345 g/mol. The first-order chi connectivity index (χ1) is 9.85. The number of hydrogen-bond acceptors (Lipinski definition) is 3. The van der Waals surface area contributed by atoms with Gasteiger partial charge in [0.1, 0.15) is 4.90 Å². The van der Waals surface area contributed by atoms with E-state index in [4.69, 9.17) is 28.9 Å². The summed E-state index contributed by atoms with van der Waals surface area (Å²) in [5.41, 5.74) is 7.20. The molecule has 21 heavy (non-hydrogen) atoms. The third-order valence-electron chi connectivity index (χ3n) is 2.97. The van der Waals surface area contributed by atoms with Crippen molar-refractivity contribution in [3.8, 4) is 0 Å². The van der Waals surface area contributed by atoms with Gasteiger partial charge in [0.2, 0.25) is 0 Å². The number of halogens is 2. The number of nitrogens with two attached hydrogens (primary N) is 1. The molecule has 0 unspecified atom stereocenters. The fourth-order valence-corrected chi connectivity index (χ4v) is 3.64. The van der Waals surface area contributed by atoms with E-state index in [0.29, 0.717) is 5.69 Å². The summed E-state index contributed by atoms with van der Waals surface area (Å²) in [7, 11) is -3.83. The standard InChI is InChI=1S/C14H14Cl2N2O2S/c1-2-9-4-3-5-10(8-9)18-21(19,20)12-7-6-11(15)14(17)13(12)16/h3-8,18H,2,17H2,1H3. The molecule has 0 spiro atoms. The zero-order valence-corrected chi connectivity index (χ0v) is 13.6. The molecular formula is C14H14Cl2N2O2S. The molecule has 0 atom stereocenters. The van der Waals surface area contributed by atoms with Gasteiger partial charge in [-0.05, 0) is 36.2 Å². The molecule has 0 radical (unpaired) electrons. The lowest BCUT2D eigenvalue weighted by atomic mass is 10.1. The van der Waals surface area contributed by atoms with Crippen molar-refractivity contribution in [1.82, 2.24) is 0 Å². The Bertz CT molecular complexity index is 777. The van der Waals surface area contributed by atoms with Crippen LogP contribution in [0.3, 0.4) is 0 Å². The second-order valence-corrected chi connectivity index (χ2v) is 6.87. The number of benzene rings is 2. The van der Waals surface area contributed by atoms with Crippen LogP contribution in [-0.4, -0.2) is 8.42 Å². The van der Waals surface area contributed by atoms with Gasteiger partial charge in [0, 0.05) is 5.69 Å². The molecule has 2 aromatic rings. The van der Waals surface area contributed by atoms with Crippen LogP contribution in [0.4, 0.5) is 11.4 Å². The van der Waals surface area contributed by atoms with Crippen LogP contribution < -0.4 is 10.5 Å². The number of anilines is 2. The van der Waals surface area contributed by atoms with Crippen LogP contribution in [0, 0.1) is 0 Å². The topological polar surface area (TPSA) is 72.2 Å². The largest absolute Gasteiger partial charge is 0.396 e. The maximum Gasteiger partial charge on any atom is 0.263 e. The van der Waals surface area contributed by atoms with E-state index in [1.54, 1.807) is 18.2 Å². The van der Waals surface area contributed by atoms with Gasteiger partial charge in [-0.3, -0.25) is 4.72 Å². The van der Waals surface area contributed by atoms with Crippen LogP contribution in [0.25, 0.3) is 0 Å². The highest BCUT2D eigenvalue weighted by Gasteiger charge is 2.20. The van der Waals surface area contributed by atoms with Crippen molar-refractivity contribution >= 4 is 44.6 Å². The Kier molecular flexibility index (Phi) is 4.66. The van der Waals surface area contributed by atoms with Crippen molar-refractivity contribution < 1.29 is 8.42 Å². The van der Waals surface area contributed by atoms with Gasteiger partial charge in [0.25, 0.3) is 10.0 Å². The van der Waals surface area contributed by atoms with Gasteiger partial charge in [-0.1, -0.05) is 42.3 Å². The number of sulfonamides is 1. The Morgan fingerprint density at radius 1 is 1.19 bits per heavy atom. The number of aryl methyl sites for hydroxylation is 1. The molecule has 0 aliphatic carbocycles. The lowest BCUT2D eigenvalue weighted by molar-refractivity contribution is 0.601. The van der Waals surface area contributed by atoms with Gasteiger partial charge >= 0.3 is 0 Å². The maximum absolute atomic E-state index is 12.4. The predicted molar refractivity (Wildman–Crippen MR) is 87.5 cm³/mol. The summed E-state index contributed by atoms with van der Waals surface area (Å²) in [6.45, 7) is 1.99. The summed E-state index contributed by atoms with van der Waals surface area (Å²) in [6, 6.07) is 9.88. The highest BCUT2D eigenvalue weighted by Crippen LogP contribution is 2.33. The Hall–Kier alpha value is -1.43. The van der Waals surface area contributed by atoms with Crippen molar-refractivity contribution in [3.63, 3.8) is 0 Å². The van der Waals surface area contributed by atoms with E-state index in [1.807, 2.05) is 13.0 Å². The second kappa shape index (κ2) is 6.13. The number of nitrogens with one attached hydrogen (secondary N) is 1. The minimum atomic E-state index is -3.83. The molecule has 2 rings (SSSR count). The van der Waals surface area contributed by atoms with Gasteiger partial charge in [0.15, 0.2) is 0 Å². The summed E-state index contributed by atoms with van der Waals surface area (Å²) in [6.07, 6.45) is 0.810. The number of nitrogen functional groups attached to an aromatic ring is 1. The van der Waals surface area contributed by atoms with Gasteiger partial charge in [-0.2, -0.15) is 0 Å². The van der Waals surface area contributed by atoms with E-state index in [1.165, 1.54) is 12.1 Å². The summed E-state index contributed by atoms with van der Waals surface area (Å²) in [5.74, 6) is 0. The molecule has 0 aromatic heterocycles. The van der Waals surface area contributed by atoms with Crippen LogP contribution in [0.1, 0.15) is 12.5 Å². The normalized spacial score (nSPS) is 11.4. The summed E-state index contributed by atoms with van der Waals surface area (Å²) in [4.78, 5) is -0.104. The third-order valence-corrected chi connectivity index (χ3v) is 5.24. The van der Waals surface area contributed by atoms with Crippen molar-refractivity contribution in [3.05, 3.63) is 52.0 Å². The Labute approximate surface area is 133 Å². The Morgan fingerprint density at radius 2 is 1.90 bits per heavy atom. The molecule has 4 nitrogen and oxygen atoms in total. The zero-order chi connectivity index (χ0) is 15.6. The van der Waals surface area contributed by atoms with E-state index in [-0.39, 0.29) is 20.6 Å². The van der Waals surface area contributed by atoms with Gasteiger partial charge in [-0.25, -0.2) is 8.42 Å². The molecule has 3 N–H and O–H groups in total. The van der Waals surface area contributed by atoms with Crippen molar-refractivity contribution in [2.45, 2.75) is 18.2 Å². The van der Waals surface area contributed by atoms with E-state index < -0.39 is 10.0 Å². The summed E-state index contributed by atoms with van der Waals surface area (Å²) in [5, 5.41) is 0.133. The lowest BCUT2D eigenvalue weighted by Crippen LogP contribution is -2.14. The highest BCUT2D eigenvalue weighted by molar-refractivity contribution is 7.92. The van der Waals surface area contributed by atoms with Crippen LogP contribution in [-0.2, 0) is 16.4 Å². The smallest absolute Gasteiger partial charge is 0.263 e. The molecule has 0 aliphatic rings. The van der Waals surface area contributed by atoms with E-state index >= 15 is 0 Å². The molecular weight excluding hydrogens is 331 g/mol. The Morgan fingerprint density at radius 3 is 2.57 bits per heavy atom. The van der Waals surface area contributed by atoms with Gasteiger partial charge in [0.05, 0.1) is 15.7 Å². The maximum atomic E-state index is 12.4. The molecule has 0 bridgehead atoms. The molecule has 0 saturated heterocycles. The molecule has 0 amide bonds. The monoisotopic (exact) mass is 344 g/mol. The highest BCUT2D eigenvalue weighted by atomic mass is 35.5. The molecule has 112 valence electrons. The first kappa shape index (κ1) is 15.9. The molecule has 0 aliphatic heterocycles. The molecule has 7 heteroatoms. The molecule has 0 heterocycles. The zero-order valence-electron chi connectivity index (χ0n) is 11.2. The van der Waals surface area contributed by atoms with Crippen LogP contribution in [0.15, 0.2) is 41.3 Å². The summed E-state index contributed by atoms with van der Waals surface area (Å²) < 4.78 is 27.3. The minimum Gasteiger partial charge on any atom is -0.396 e. The van der Waals surface area contributed by atoms with E-state index in [9.17, 15) is 8.42 Å². The van der Waals surface area contributed by atoms with Crippen molar-refractivity contribution in [1.29, 1.82) is 0 Å². The predicted octanol–water partition coefficient (Wildman–Crippen LogP) is 3.94. The van der Waals surface area contributed by atoms with Crippen LogP contribution in [0.5, 0.6) is 0 Å². The SMILES string of the molecule is CCc1cccc(NS(=O)(=O)c2ccc(Cl)c(N)c2Cl)c1. The van der Waals surface area contributed by atoms with Crippen LogP contribution in [0.2, 0.25) is 10.0 Å². The number of rotatable bonds is 4. The molecule has 0 fully saturated rings. The van der Waals surface area contributed by atoms with Crippen molar-refractivity contribution in [2.24, 2.45) is 0 Å². The van der Waals surface area contributed by atoms with Crippen LogP contribution >= 0.6 is 23.2 Å². The van der Waals surface area contributed by atoms with E-state index in [2.05, 4.69) is 4.72 Å². The lowest BCUT2D eigenvalue weighted by Gasteiger charge is -2.12. The number of hydrogen-bond donors (Lipinski definition) is 2. The Balaban J connectivity index is 2.41. The average Bonchev–Trinajstić information content (AvgIpc) is 2.44. The van der Waals surface area contributed by atoms with Crippen molar-refractivity contribution in [2.75, 3.05) is 10.5 Å². The van der Waals surface area contributed by atoms with Gasteiger partial charge < -0.3 is 5.73 Å². The minimum absolute atomic E-state index is 0.0449. The van der Waals surface area contributed by atoms with E-state index in [0.717, 1.165) is 12.0 Å². The first-order valence-corrected chi connectivity index (χ1v) is 8.44. The quantitative estimate of drug-likeness (QED) is 0.825. The molecule has 0 saturated carbocycles. The third kappa shape index (κ3) is 3.43. The second-order valence-electron chi connectivity index (χ2n) is 4.43. The first-order valence-electron chi connectivity index (χ1n) is 6.20. The fourth-order valence-electron chi connectivity index (χ4n) is 1.82. The summed E-state index contributed by atoms with van der Waals surface area (Å²) >= 11 is 11.8. The van der Waals surface area contributed by atoms with Gasteiger partial charge in [-0.15, -0.1) is 0 Å². The fraction of sp³-hybridized carbons (Fsp3) is 0.143. The molecule has 2 aromatic carbocycles.